The molecule has 4 nitrogen and oxygen atoms in total. The second kappa shape index (κ2) is 6.23. The third kappa shape index (κ3) is 3.63. The van der Waals surface area contributed by atoms with Crippen LogP contribution in [-0.4, -0.2) is 17.4 Å². The zero-order chi connectivity index (χ0) is 12.0. The predicted molar refractivity (Wildman–Crippen MR) is 63.0 cm³/mol. The van der Waals surface area contributed by atoms with Crippen LogP contribution in [0.15, 0.2) is 5.38 Å². The molecule has 0 aliphatic carbocycles. The van der Waals surface area contributed by atoms with E-state index in [0.29, 0.717) is 13.0 Å². The molecule has 16 heavy (non-hydrogen) atoms. The van der Waals surface area contributed by atoms with E-state index in [4.69, 9.17) is 5.26 Å². The third-order valence-electron chi connectivity index (χ3n) is 2.23. The Labute approximate surface area is 99.3 Å². The molecule has 0 aromatic carbocycles. The molecule has 5 heteroatoms. The lowest BCUT2D eigenvalue weighted by Gasteiger charge is -2.06. The van der Waals surface area contributed by atoms with Gasteiger partial charge in [0.05, 0.1) is 16.8 Å². The molecule has 0 saturated heterocycles. The zero-order valence-electron chi connectivity index (χ0n) is 9.49. The summed E-state index contributed by atoms with van der Waals surface area (Å²) in [5.74, 6) is -0.714. The number of thiazole rings is 1. The summed E-state index contributed by atoms with van der Waals surface area (Å²) in [6, 6.07) is 1.98. The average Bonchev–Trinajstić information content (AvgIpc) is 2.66. The van der Waals surface area contributed by atoms with Crippen LogP contribution < -0.4 is 5.32 Å². The van der Waals surface area contributed by atoms with E-state index in [-0.39, 0.29) is 5.91 Å². The maximum absolute atomic E-state index is 11.4. The highest BCUT2D eigenvalue weighted by Gasteiger charge is 2.14. The number of aryl methyl sites for hydroxylation is 1. The number of amides is 1. The highest BCUT2D eigenvalue weighted by atomic mass is 32.1. The van der Waals surface area contributed by atoms with E-state index in [0.717, 1.165) is 17.1 Å². The molecule has 0 saturated carbocycles. The number of aromatic nitrogens is 1. The summed E-state index contributed by atoms with van der Waals surface area (Å²) in [5.41, 5.74) is 0.993. The van der Waals surface area contributed by atoms with Crippen molar-refractivity contribution in [2.45, 2.75) is 26.7 Å². The van der Waals surface area contributed by atoms with Gasteiger partial charge in [-0.05, 0) is 13.3 Å². The Kier molecular flexibility index (Phi) is 4.93. The van der Waals surface area contributed by atoms with Crippen LogP contribution in [0.4, 0.5) is 0 Å². The second-order valence-electron chi connectivity index (χ2n) is 3.49. The summed E-state index contributed by atoms with van der Waals surface area (Å²) in [7, 11) is 0. The molecule has 1 aromatic heterocycles. The van der Waals surface area contributed by atoms with Gasteiger partial charge in [-0.2, -0.15) is 5.26 Å². The number of nitriles is 1. The minimum Gasteiger partial charge on any atom is -0.355 e. The molecule has 1 heterocycles. The summed E-state index contributed by atoms with van der Waals surface area (Å²) in [5, 5.41) is 14.5. The van der Waals surface area contributed by atoms with E-state index in [1.54, 1.807) is 11.3 Å². The Morgan fingerprint density at radius 1 is 1.75 bits per heavy atom. The molecule has 0 fully saturated rings. The normalized spacial score (nSPS) is 11.8. The zero-order valence-corrected chi connectivity index (χ0v) is 10.3. The summed E-state index contributed by atoms with van der Waals surface area (Å²) in [4.78, 5) is 15.7. The number of nitrogens with one attached hydrogen (secondary N) is 1. The fraction of sp³-hybridized carbons (Fsp3) is 0.545. The molecular formula is C11H15N3OS. The lowest BCUT2D eigenvalue weighted by molar-refractivity contribution is -0.123. The molecule has 0 aliphatic rings. The van der Waals surface area contributed by atoms with Crippen LogP contribution in [0.5, 0.6) is 0 Å². The minimum absolute atomic E-state index is 0.183. The van der Waals surface area contributed by atoms with Crippen LogP contribution in [0.1, 0.15) is 24.0 Å². The number of carbonyl (C=O) groups excluding carboxylic acids is 1. The molecule has 1 N–H and O–H groups in total. The van der Waals surface area contributed by atoms with Crippen molar-refractivity contribution in [1.82, 2.24) is 10.3 Å². The third-order valence-corrected chi connectivity index (χ3v) is 3.05. The number of hydrogen-bond donors (Lipinski definition) is 1. The van der Waals surface area contributed by atoms with Gasteiger partial charge in [0.2, 0.25) is 5.91 Å². The molecule has 0 bridgehead atoms. The van der Waals surface area contributed by atoms with Gasteiger partial charge in [-0.15, -0.1) is 11.3 Å². The lowest BCUT2D eigenvalue weighted by atomic mass is 10.1. The number of hydrogen-bond acceptors (Lipinski definition) is 4. The van der Waals surface area contributed by atoms with Crippen molar-refractivity contribution in [2.24, 2.45) is 5.92 Å². The fourth-order valence-corrected chi connectivity index (χ4v) is 1.94. The van der Waals surface area contributed by atoms with Crippen molar-refractivity contribution >= 4 is 17.2 Å². The predicted octanol–water partition coefficient (Wildman–Crippen LogP) is 1.66. The van der Waals surface area contributed by atoms with E-state index in [9.17, 15) is 4.79 Å². The maximum Gasteiger partial charge on any atom is 0.237 e. The molecule has 1 unspecified atom stereocenters. The molecule has 1 atom stereocenters. The van der Waals surface area contributed by atoms with Gasteiger partial charge in [0.1, 0.15) is 5.92 Å². The Bertz CT molecular complexity index is 394. The van der Waals surface area contributed by atoms with Gasteiger partial charge < -0.3 is 5.32 Å². The number of rotatable bonds is 5. The highest BCUT2D eigenvalue weighted by molar-refractivity contribution is 7.09. The maximum atomic E-state index is 11.4. The fourth-order valence-electron chi connectivity index (χ4n) is 1.30. The van der Waals surface area contributed by atoms with Gasteiger partial charge >= 0.3 is 0 Å². The van der Waals surface area contributed by atoms with Crippen molar-refractivity contribution in [2.75, 3.05) is 6.54 Å². The number of carbonyl (C=O) groups is 1. The van der Waals surface area contributed by atoms with E-state index >= 15 is 0 Å². The van der Waals surface area contributed by atoms with Gasteiger partial charge in [-0.25, -0.2) is 4.98 Å². The number of nitrogens with zero attached hydrogens (tertiary/aromatic N) is 2. The van der Waals surface area contributed by atoms with Crippen molar-refractivity contribution in [3.8, 4) is 6.07 Å². The van der Waals surface area contributed by atoms with Crippen molar-refractivity contribution in [3.63, 3.8) is 0 Å². The Morgan fingerprint density at radius 2 is 2.50 bits per heavy atom. The second-order valence-corrected chi connectivity index (χ2v) is 4.55. The summed E-state index contributed by atoms with van der Waals surface area (Å²) < 4.78 is 0. The largest absolute Gasteiger partial charge is 0.355 e. The Morgan fingerprint density at radius 3 is 3.00 bits per heavy atom. The van der Waals surface area contributed by atoms with E-state index in [1.807, 2.05) is 25.3 Å². The first-order chi connectivity index (χ1) is 7.67. The SMILES string of the molecule is CCC(C#N)C(=O)NCCc1csc(C)n1. The van der Waals surface area contributed by atoms with Crippen LogP contribution in [0.2, 0.25) is 0 Å². The molecular weight excluding hydrogens is 222 g/mol. The standard InChI is InChI=1S/C11H15N3OS/c1-3-9(6-12)11(15)13-5-4-10-7-16-8(2)14-10/h7,9H,3-5H2,1-2H3,(H,13,15). The van der Waals surface area contributed by atoms with Crippen LogP contribution in [0.3, 0.4) is 0 Å². The lowest BCUT2D eigenvalue weighted by Crippen LogP contribution is -2.31. The van der Waals surface area contributed by atoms with Crippen LogP contribution >= 0.6 is 11.3 Å². The Balaban J connectivity index is 2.31. The van der Waals surface area contributed by atoms with Crippen molar-refractivity contribution in [3.05, 3.63) is 16.1 Å². The van der Waals surface area contributed by atoms with Crippen molar-refractivity contribution < 1.29 is 4.79 Å². The van der Waals surface area contributed by atoms with Crippen LogP contribution in [0, 0.1) is 24.2 Å². The van der Waals surface area contributed by atoms with Gasteiger partial charge in [0, 0.05) is 18.3 Å². The van der Waals surface area contributed by atoms with Crippen LogP contribution in [0.25, 0.3) is 0 Å². The molecule has 1 rings (SSSR count). The molecule has 0 aliphatic heterocycles. The van der Waals surface area contributed by atoms with Crippen molar-refractivity contribution in [1.29, 1.82) is 5.26 Å². The van der Waals surface area contributed by atoms with E-state index in [1.165, 1.54) is 0 Å². The van der Waals surface area contributed by atoms with E-state index in [2.05, 4.69) is 10.3 Å². The molecule has 0 spiro atoms. The van der Waals surface area contributed by atoms with E-state index < -0.39 is 5.92 Å². The van der Waals surface area contributed by atoms with Crippen LogP contribution in [-0.2, 0) is 11.2 Å². The molecule has 1 amide bonds. The highest BCUT2D eigenvalue weighted by Crippen LogP contribution is 2.08. The smallest absolute Gasteiger partial charge is 0.237 e. The first kappa shape index (κ1) is 12.7. The minimum atomic E-state index is -0.530. The summed E-state index contributed by atoms with van der Waals surface area (Å²) in [6.07, 6.45) is 1.27. The average molecular weight is 237 g/mol. The van der Waals surface area contributed by atoms with Gasteiger partial charge in [-0.1, -0.05) is 6.92 Å². The van der Waals surface area contributed by atoms with Gasteiger partial charge in [0.25, 0.3) is 0 Å². The monoisotopic (exact) mass is 237 g/mol. The summed E-state index contributed by atoms with van der Waals surface area (Å²) in [6.45, 7) is 4.33. The first-order valence-corrected chi connectivity index (χ1v) is 6.13. The molecule has 1 aromatic rings. The molecule has 86 valence electrons. The molecule has 0 radical (unpaired) electrons. The quantitative estimate of drug-likeness (QED) is 0.847. The van der Waals surface area contributed by atoms with Gasteiger partial charge in [0.15, 0.2) is 0 Å². The van der Waals surface area contributed by atoms with Gasteiger partial charge in [-0.3, -0.25) is 4.79 Å². The first-order valence-electron chi connectivity index (χ1n) is 5.25. The summed E-state index contributed by atoms with van der Waals surface area (Å²) >= 11 is 1.60. The topological polar surface area (TPSA) is 65.8 Å². The Hall–Kier alpha value is -1.41.